The van der Waals surface area contributed by atoms with Crippen LogP contribution in [0.5, 0.6) is 0 Å². The summed E-state index contributed by atoms with van der Waals surface area (Å²) in [6, 6.07) is 12.6. The molecule has 0 aliphatic rings. The zero-order valence-electron chi connectivity index (χ0n) is 18.9. The molecule has 0 saturated carbocycles. The third-order valence-corrected chi connectivity index (χ3v) is 5.70. The minimum atomic E-state index is -0.365. The van der Waals surface area contributed by atoms with Crippen molar-refractivity contribution in [3.8, 4) is 0 Å². The van der Waals surface area contributed by atoms with Crippen LogP contribution in [-0.2, 0) is 17.6 Å². The van der Waals surface area contributed by atoms with Crippen LogP contribution in [0.1, 0.15) is 56.9 Å². The molecule has 0 saturated heterocycles. The van der Waals surface area contributed by atoms with Crippen LogP contribution in [0.3, 0.4) is 0 Å². The molecule has 2 N–H and O–H groups in total. The lowest BCUT2D eigenvalue weighted by atomic mass is 9.79. The number of ketones is 1. The molecule has 4 aromatic rings. The molecule has 2 aromatic carbocycles. The Morgan fingerprint density at radius 3 is 1.38 bits per heavy atom. The van der Waals surface area contributed by atoms with E-state index < -0.39 is 0 Å². The highest BCUT2D eigenvalue weighted by Crippen LogP contribution is 2.32. The van der Waals surface area contributed by atoms with E-state index in [0.717, 1.165) is 33.4 Å². The molecule has 2 heterocycles. The summed E-state index contributed by atoms with van der Waals surface area (Å²) in [4.78, 5) is 22.8. The predicted octanol–water partition coefficient (Wildman–Crippen LogP) is 4.08. The second-order valence-corrected chi connectivity index (χ2v) is 8.62. The number of nitrogens with one attached hydrogen (secondary N) is 2. The van der Waals surface area contributed by atoms with Crippen molar-refractivity contribution >= 4 is 5.78 Å². The zero-order chi connectivity index (χ0) is 22.7. The second-order valence-electron chi connectivity index (χ2n) is 8.62. The van der Waals surface area contributed by atoms with Crippen molar-refractivity contribution in [2.24, 2.45) is 0 Å². The Kier molecular flexibility index (Phi) is 6.25. The van der Waals surface area contributed by atoms with Crippen molar-refractivity contribution < 1.29 is 4.79 Å². The first-order chi connectivity index (χ1) is 15.4. The molecule has 164 valence electrons. The quantitative estimate of drug-likeness (QED) is 0.440. The second kappa shape index (κ2) is 9.26. The molecule has 2 unspecified atom stereocenters. The molecule has 4 rings (SSSR count). The fourth-order valence-electron chi connectivity index (χ4n) is 4.48. The number of carbonyl (C=O) groups excluding carboxylic acids is 1. The molecule has 7 nitrogen and oxygen atoms in total. The van der Waals surface area contributed by atoms with E-state index in [9.17, 15) is 4.79 Å². The van der Waals surface area contributed by atoms with E-state index in [1.165, 1.54) is 12.7 Å². The smallest absolute Gasteiger partial charge is 0.148 e. The molecule has 0 aliphatic carbocycles. The van der Waals surface area contributed by atoms with Crippen LogP contribution in [0.2, 0.25) is 0 Å². The van der Waals surface area contributed by atoms with Gasteiger partial charge in [-0.1, -0.05) is 58.7 Å². The maximum absolute atomic E-state index is 14.2. The highest BCUT2D eigenvalue weighted by molar-refractivity contribution is 5.92. The van der Waals surface area contributed by atoms with Gasteiger partial charge in [0.1, 0.15) is 30.1 Å². The largest absolute Gasteiger partial charge is 0.298 e. The van der Waals surface area contributed by atoms with Crippen LogP contribution < -0.4 is 0 Å². The summed E-state index contributed by atoms with van der Waals surface area (Å²) in [5.41, 5.74) is 6.52. The Balaban J connectivity index is 1.79. The van der Waals surface area contributed by atoms with Gasteiger partial charge in [-0.2, -0.15) is 10.2 Å². The van der Waals surface area contributed by atoms with Crippen molar-refractivity contribution in [3.05, 3.63) is 94.1 Å². The van der Waals surface area contributed by atoms with Gasteiger partial charge in [-0.15, -0.1) is 0 Å². The third kappa shape index (κ3) is 4.99. The SMILES string of the molecule is Cc1cc(C)cc(C(Cc2ncn[nH]2)C(=O)C(Cc2ncn[nH]2)c2cc(C)cc(C)c2)c1. The monoisotopic (exact) mass is 428 g/mol. The van der Waals surface area contributed by atoms with Gasteiger partial charge >= 0.3 is 0 Å². The van der Waals surface area contributed by atoms with Gasteiger partial charge in [-0.25, -0.2) is 9.97 Å². The van der Waals surface area contributed by atoms with Gasteiger partial charge in [0, 0.05) is 12.8 Å². The van der Waals surface area contributed by atoms with Crippen molar-refractivity contribution in [2.45, 2.75) is 52.4 Å². The number of rotatable bonds is 8. The summed E-state index contributed by atoms with van der Waals surface area (Å²) in [6.07, 6.45) is 3.88. The Morgan fingerprint density at radius 1 is 0.688 bits per heavy atom. The Morgan fingerprint density at radius 2 is 1.06 bits per heavy atom. The van der Waals surface area contributed by atoms with Crippen molar-refractivity contribution in [2.75, 3.05) is 0 Å². The highest BCUT2D eigenvalue weighted by Gasteiger charge is 2.31. The van der Waals surface area contributed by atoms with Crippen LogP contribution in [0.4, 0.5) is 0 Å². The minimum Gasteiger partial charge on any atom is -0.298 e. The van der Waals surface area contributed by atoms with Crippen molar-refractivity contribution in [1.29, 1.82) is 0 Å². The average Bonchev–Trinajstić information content (AvgIpc) is 3.42. The number of hydrogen-bond acceptors (Lipinski definition) is 5. The van der Waals surface area contributed by atoms with Gasteiger partial charge in [0.05, 0.1) is 11.8 Å². The van der Waals surface area contributed by atoms with Crippen LogP contribution in [0, 0.1) is 27.7 Å². The lowest BCUT2D eigenvalue weighted by Gasteiger charge is -2.24. The molecule has 0 amide bonds. The van der Waals surface area contributed by atoms with Gasteiger partial charge in [0.25, 0.3) is 0 Å². The number of nitrogens with zero attached hydrogens (tertiary/aromatic N) is 4. The van der Waals surface area contributed by atoms with Crippen LogP contribution >= 0.6 is 0 Å². The number of hydrogen-bond donors (Lipinski definition) is 2. The maximum Gasteiger partial charge on any atom is 0.148 e. The van der Waals surface area contributed by atoms with Crippen LogP contribution in [-0.4, -0.2) is 36.1 Å². The molecular formula is C25H28N6O. The van der Waals surface area contributed by atoms with Gasteiger partial charge in [-0.05, 0) is 38.8 Å². The number of aromatic amines is 2. The Bertz CT molecular complexity index is 1060. The number of carbonyl (C=O) groups is 1. The fourth-order valence-corrected chi connectivity index (χ4v) is 4.48. The molecule has 0 spiro atoms. The number of Topliss-reactive ketones (excluding diaryl/α,β-unsaturated/α-hetero) is 1. The zero-order valence-corrected chi connectivity index (χ0v) is 18.9. The fraction of sp³-hybridized carbons (Fsp3) is 0.320. The van der Waals surface area contributed by atoms with Crippen LogP contribution in [0.15, 0.2) is 49.1 Å². The van der Waals surface area contributed by atoms with E-state index in [1.54, 1.807) is 0 Å². The van der Waals surface area contributed by atoms with E-state index >= 15 is 0 Å². The number of H-pyrrole nitrogens is 2. The molecular weight excluding hydrogens is 400 g/mol. The highest BCUT2D eigenvalue weighted by atomic mass is 16.1. The molecule has 0 fully saturated rings. The molecule has 2 aromatic heterocycles. The average molecular weight is 429 g/mol. The molecule has 0 bridgehead atoms. The number of benzene rings is 2. The number of aryl methyl sites for hydroxylation is 4. The first kappa shape index (κ1) is 21.6. The minimum absolute atomic E-state index is 0.132. The van der Waals surface area contributed by atoms with E-state index in [1.807, 2.05) is 0 Å². The number of aromatic nitrogens is 6. The Labute approximate surface area is 187 Å². The molecule has 7 heteroatoms. The summed E-state index contributed by atoms with van der Waals surface area (Å²) in [5, 5.41) is 13.8. The normalized spacial score (nSPS) is 13.1. The first-order valence-electron chi connectivity index (χ1n) is 10.8. The standard InChI is InChI=1S/C25H28N6O/c1-15-5-16(2)8-19(7-15)21(11-23-26-13-28-30-23)25(32)22(12-24-27-14-29-31-24)20-9-17(3)6-18(4)10-20/h5-10,13-14,21-22H,11-12H2,1-4H3,(H,26,28,30)(H,27,29,31). The summed E-state index contributed by atoms with van der Waals surface area (Å²) in [5.74, 6) is 0.793. The van der Waals surface area contributed by atoms with Crippen LogP contribution in [0.25, 0.3) is 0 Å². The van der Waals surface area contributed by atoms with Crippen molar-refractivity contribution in [3.63, 3.8) is 0 Å². The lowest BCUT2D eigenvalue weighted by Crippen LogP contribution is -2.25. The van der Waals surface area contributed by atoms with E-state index in [2.05, 4.69) is 94.5 Å². The molecule has 32 heavy (non-hydrogen) atoms. The van der Waals surface area contributed by atoms with E-state index in [0.29, 0.717) is 24.5 Å². The summed E-state index contributed by atoms with van der Waals surface area (Å²) >= 11 is 0. The summed E-state index contributed by atoms with van der Waals surface area (Å²) < 4.78 is 0. The first-order valence-corrected chi connectivity index (χ1v) is 10.8. The van der Waals surface area contributed by atoms with Gasteiger partial charge in [0.2, 0.25) is 0 Å². The molecule has 2 atom stereocenters. The van der Waals surface area contributed by atoms with Gasteiger partial charge in [-0.3, -0.25) is 15.0 Å². The molecule has 0 aliphatic heterocycles. The Hall–Kier alpha value is -3.61. The third-order valence-electron chi connectivity index (χ3n) is 5.70. The predicted molar refractivity (Wildman–Crippen MR) is 122 cm³/mol. The lowest BCUT2D eigenvalue weighted by molar-refractivity contribution is -0.122. The van der Waals surface area contributed by atoms with Crippen molar-refractivity contribution in [1.82, 2.24) is 30.4 Å². The van der Waals surface area contributed by atoms with E-state index in [-0.39, 0.29) is 17.6 Å². The van der Waals surface area contributed by atoms with Gasteiger partial charge < -0.3 is 0 Å². The maximum atomic E-state index is 14.2. The molecule has 0 radical (unpaired) electrons. The topological polar surface area (TPSA) is 100 Å². The van der Waals surface area contributed by atoms with Gasteiger partial charge in [0.15, 0.2) is 0 Å². The summed E-state index contributed by atoms with van der Waals surface area (Å²) in [6.45, 7) is 8.23. The van der Waals surface area contributed by atoms with E-state index in [4.69, 9.17) is 0 Å². The summed E-state index contributed by atoms with van der Waals surface area (Å²) in [7, 11) is 0.